The largest absolute Gasteiger partial charge is 0.383 e. The van der Waals surface area contributed by atoms with Gasteiger partial charge >= 0.3 is 0 Å². The molecule has 0 unspecified atom stereocenters. The van der Waals surface area contributed by atoms with Gasteiger partial charge in [0.1, 0.15) is 12.2 Å². The van der Waals surface area contributed by atoms with Crippen LogP contribution in [-0.4, -0.2) is 51.1 Å². The Kier molecular flexibility index (Phi) is 5.14. The van der Waals surface area contributed by atoms with E-state index in [9.17, 15) is 9.59 Å². The maximum atomic E-state index is 12.4. The minimum absolute atomic E-state index is 0.191. The van der Waals surface area contributed by atoms with Gasteiger partial charge in [-0.1, -0.05) is 18.2 Å². The third-order valence-corrected chi connectivity index (χ3v) is 3.78. The van der Waals surface area contributed by atoms with Crippen molar-refractivity contribution in [2.24, 2.45) is 0 Å². The fourth-order valence-electron chi connectivity index (χ4n) is 2.51. The Hall–Kier alpha value is -3.07. The Bertz CT molecular complexity index is 933. The van der Waals surface area contributed by atoms with E-state index in [0.29, 0.717) is 36.9 Å². The minimum Gasteiger partial charge on any atom is -0.383 e. The summed E-state index contributed by atoms with van der Waals surface area (Å²) in [5.41, 5.74) is -0.130. The van der Waals surface area contributed by atoms with Crippen LogP contribution in [0.1, 0.15) is 16.3 Å². The number of nitrogens with one attached hydrogen (secondary N) is 2. The number of carbonyl (C=O) groups excluding carboxylic acids is 1. The zero-order valence-corrected chi connectivity index (χ0v) is 13.7. The van der Waals surface area contributed by atoms with Crippen molar-refractivity contribution in [1.82, 2.24) is 30.3 Å². The van der Waals surface area contributed by atoms with Crippen LogP contribution < -0.4 is 10.9 Å². The van der Waals surface area contributed by atoms with Crippen molar-refractivity contribution >= 4 is 16.7 Å². The second-order valence-electron chi connectivity index (χ2n) is 5.39. The molecule has 9 heteroatoms. The molecule has 0 atom stereocenters. The summed E-state index contributed by atoms with van der Waals surface area (Å²) in [6.07, 6.45) is 2.16. The number of amides is 1. The molecule has 0 aliphatic heterocycles. The molecule has 1 aromatic carbocycles. The van der Waals surface area contributed by atoms with Gasteiger partial charge in [0, 0.05) is 32.0 Å². The van der Waals surface area contributed by atoms with Crippen LogP contribution in [0, 0.1) is 0 Å². The first-order valence-electron chi connectivity index (χ1n) is 7.82. The first-order chi connectivity index (χ1) is 12.2. The van der Waals surface area contributed by atoms with Crippen LogP contribution in [-0.2, 0) is 17.7 Å². The molecule has 3 aromatic rings. The van der Waals surface area contributed by atoms with Gasteiger partial charge in [-0.2, -0.15) is 5.10 Å². The number of benzene rings is 1. The van der Waals surface area contributed by atoms with Crippen molar-refractivity contribution in [2.45, 2.75) is 13.0 Å². The Labute approximate surface area is 143 Å². The molecule has 0 spiro atoms. The van der Waals surface area contributed by atoms with Crippen molar-refractivity contribution in [3.05, 3.63) is 52.5 Å². The topological polar surface area (TPSA) is 115 Å². The monoisotopic (exact) mass is 342 g/mol. The number of methoxy groups -OCH3 is 1. The van der Waals surface area contributed by atoms with Gasteiger partial charge in [-0.05, 0) is 6.07 Å². The molecule has 2 aromatic heterocycles. The first-order valence-corrected chi connectivity index (χ1v) is 7.82. The van der Waals surface area contributed by atoms with Gasteiger partial charge in [-0.3, -0.25) is 9.59 Å². The summed E-state index contributed by atoms with van der Waals surface area (Å²) in [4.78, 5) is 24.2. The Morgan fingerprint density at radius 1 is 1.32 bits per heavy atom. The van der Waals surface area contributed by atoms with E-state index < -0.39 is 0 Å². The molecule has 0 fully saturated rings. The SMILES string of the molecule is COCCn1cnnc1CCNC(=O)c1n[nH]c(=O)c2ccccc12. The first kappa shape index (κ1) is 16.8. The molecule has 1 amide bonds. The molecule has 0 saturated carbocycles. The Morgan fingerprint density at radius 3 is 2.92 bits per heavy atom. The number of hydrogen-bond donors (Lipinski definition) is 2. The summed E-state index contributed by atoms with van der Waals surface area (Å²) >= 11 is 0. The lowest BCUT2D eigenvalue weighted by Gasteiger charge is -2.08. The van der Waals surface area contributed by atoms with Crippen LogP contribution in [0.15, 0.2) is 35.4 Å². The second-order valence-corrected chi connectivity index (χ2v) is 5.39. The molecule has 0 radical (unpaired) electrons. The highest BCUT2D eigenvalue weighted by molar-refractivity contribution is 6.04. The van der Waals surface area contributed by atoms with Crippen LogP contribution in [0.25, 0.3) is 10.8 Å². The fourth-order valence-corrected chi connectivity index (χ4v) is 2.51. The van der Waals surface area contributed by atoms with E-state index in [1.165, 1.54) is 0 Å². The lowest BCUT2D eigenvalue weighted by atomic mass is 10.1. The lowest BCUT2D eigenvalue weighted by molar-refractivity contribution is 0.0949. The molecule has 9 nitrogen and oxygen atoms in total. The van der Waals surface area contributed by atoms with Crippen molar-refractivity contribution < 1.29 is 9.53 Å². The summed E-state index contributed by atoms with van der Waals surface area (Å²) in [5, 5.41) is 17.9. The molecule has 25 heavy (non-hydrogen) atoms. The summed E-state index contributed by atoms with van der Waals surface area (Å²) in [5.74, 6) is 0.409. The van der Waals surface area contributed by atoms with Gasteiger partial charge in [0.15, 0.2) is 5.69 Å². The van der Waals surface area contributed by atoms with Crippen LogP contribution in [0.3, 0.4) is 0 Å². The average Bonchev–Trinajstić information content (AvgIpc) is 3.07. The van der Waals surface area contributed by atoms with Gasteiger partial charge in [0.2, 0.25) is 0 Å². The third kappa shape index (κ3) is 3.72. The predicted octanol–water partition coefficient (Wildman–Crippen LogP) is 0.134. The molecule has 0 aliphatic rings. The van der Waals surface area contributed by atoms with Crippen molar-refractivity contribution in [3.8, 4) is 0 Å². The minimum atomic E-state index is -0.351. The number of carbonyl (C=O) groups is 1. The van der Waals surface area contributed by atoms with Gasteiger partial charge in [-0.15, -0.1) is 10.2 Å². The van der Waals surface area contributed by atoms with Crippen LogP contribution in [0.2, 0.25) is 0 Å². The summed E-state index contributed by atoms with van der Waals surface area (Å²) in [7, 11) is 1.63. The molecule has 0 saturated heterocycles. The van der Waals surface area contributed by atoms with Crippen LogP contribution in [0.5, 0.6) is 0 Å². The number of ether oxygens (including phenoxy) is 1. The summed E-state index contributed by atoms with van der Waals surface area (Å²) in [6.45, 7) is 1.59. The molecule has 130 valence electrons. The number of aromatic amines is 1. The van der Waals surface area contributed by atoms with Crippen molar-refractivity contribution in [3.63, 3.8) is 0 Å². The van der Waals surface area contributed by atoms with Crippen molar-refractivity contribution in [1.29, 1.82) is 0 Å². The van der Waals surface area contributed by atoms with Gasteiger partial charge in [-0.25, -0.2) is 5.10 Å². The van der Waals surface area contributed by atoms with Gasteiger partial charge in [0.25, 0.3) is 11.5 Å². The standard InChI is InChI=1S/C16H18N6O3/c1-25-9-8-22-10-18-19-13(22)6-7-17-16(24)14-11-4-2-3-5-12(11)15(23)21-20-14/h2-5,10H,6-9H2,1H3,(H,17,24)(H,21,23). The number of aromatic nitrogens is 5. The molecule has 0 bridgehead atoms. The molecular weight excluding hydrogens is 324 g/mol. The fraction of sp³-hybridized carbons (Fsp3) is 0.312. The molecule has 3 rings (SSSR count). The number of rotatable bonds is 7. The van der Waals surface area contributed by atoms with Gasteiger partial charge in [0.05, 0.1) is 12.0 Å². The van der Waals surface area contributed by atoms with E-state index in [1.807, 2.05) is 4.57 Å². The van der Waals surface area contributed by atoms with Gasteiger partial charge < -0.3 is 14.6 Å². The lowest BCUT2D eigenvalue weighted by Crippen LogP contribution is -2.29. The quantitative estimate of drug-likeness (QED) is 0.631. The second kappa shape index (κ2) is 7.67. The maximum absolute atomic E-state index is 12.4. The maximum Gasteiger partial charge on any atom is 0.272 e. The molecule has 2 N–H and O–H groups in total. The highest BCUT2D eigenvalue weighted by atomic mass is 16.5. The van der Waals surface area contributed by atoms with E-state index in [1.54, 1.807) is 37.7 Å². The van der Waals surface area contributed by atoms with Crippen LogP contribution >= 0.6 is 0 Å². The third-order valence-electron chi connectivity index (χ3n) is 3.78. The zero-order valence-electron chi connectivity index (χ0n) is 13.7. The number of hydrogen-bond acceptors (Lipinski definition) is 6. The van der Waals surface area contributed by atoms with E-state index in [-0.39, 0.29) is 17.2 Å². The number of fused-ring (bicyclic) bond motifs is 1. The zero-order chi connectivity index (χ0) is 17.6. The summed E-state index contributed by atoms with van der Waals surface area (Å²) in [6, 6.07) is 6.86. The molecule has 2 heterocycles. The number of H-pyrrole nitrogens is 1. The normalized spacial score (nSPS) is 10.9. The average molecular weight is 342 g/mol. The van der Waals surface area contributed by atoms with Crippen molar-refractivity contribution in [2.75, 3.05) is 20.3 Å². The summed E-state index contributed by atoms with van der Waals surface area (Å²) < 4.78 is 6.92. The van der Waals surface area contributed by atoms with E-state index >= 15 is 0 Å². The predicted molar refractivity (Wildman–Crippen MR) is 90.3 cm³/mol. The smallest absolute Gasteiger partial charge is 0.272 e. The van der Waals surface area contributed by atoms with E-state index in [0.717, 1.165) is 5.82 Å². The molecule has 0 aliphatic carbocycles. The highest BCUT2D eigenvalue weighted by Gasteiger charge is 2.14. The highest BCUT2D eigenvalue weighted by Crippen LogP contribution is 2.12. The number of nitrogens with zero attached hydrogens (tertiary/aromatic N) is 4. The van der Waals surface area contributed by atoms with Crippen LogP contribution in [0.4, 0.5) is 0 Å². The Morgan fingerprint density at radius 2 is 2.12 bits per heavy atom. The molecular formula is C16H18N6O3. The van der Waals surface area contributed by atoms with E-state index in [2.05, 4.69) is 25.7 Å². The Balaban J connectivity index is 1.67. The van der Waals surface area contributed by atoms with E-state index in [4.69, 9.17) is 4.74 Å².